The molecule has 0 bridgehead atoms. The molecule has 7 N–H and O–H groups in total. The van der Waals surface area contributed by atoms with Crippen molar-refractivity contribution in [2.75, 3.05) is 6.54 Å². The number of nitrogens with one attached hydrogen (secondary N) is 7. The van der Waals surface area contributed by atoms with Crippen LogP contribution in [0.1, 0.15) is 73.8 Å². The Labute approximate surface area is 287 Å². The normalized spacial score (nSPS) is 17.2. The van der Waals surface area contributed by atoms with Crippen LogP contribution in [0, 0.1) is 5.92 Å². The second-order valence-electron chi connectivity index (χ2n) is 12.8. The molecule has 0 spiro atoms. The number of hydrogen-bond acceptors (Lipinski definition) is 9. The molecule has 2 rings (SSSR count). The Bertz CT molecular complexity index is 1320. The molecule has 1 aliphatic heterocycles. The van der Waals surface area contributed by atoms with Gasteiger partial charge in [0.2, 0.25) is 29.5 Å². The van der Waals surface area contributed by atoms with E-state index in [-0.39, 0.29) is 31.0 Å². The van der Waals surface area contributed by atoms with Crippen LogP contribution < -0.4 is 37.4 Å². The molecular formula is C33H52N8O8. The van der Waals surface area contributed by atoms with E-state index in [1.807, 2.05) is 18.2 Å². The Morgan fingerprint density at radius 2 is 1.29 bits per heavy atom. The molecule has 1 heterocycles. The van der Waals surface area contributed by atoms with Crippen LogP contribution in [0.15, 0.2) is 30.3 Å². The smallest absolute Gasteiger partial charge is 0.408 e. The third-order valence-electron chi connectivity index (χ3n) is 7.74. The Balaban J connectivity index is 1.89. The van der Waals surface area contributed by atoms with Crippen molar-refractivity contribution in [3.05, 3.63) is 35.9 Å². The molecule has 0 unspecified atom stereocenters. The standard InChI is InChI=1S/C33H52N8O8/c1-18(2)26(31(46)40-39-22(7)29(44)35-20(5)27(42)34-19(3)4)38-30(45)25-15-12-16-41(25)32(47)23(8)36-28(43)21(6)37-33(48)49-17-24-13-10-9-11-14-24/h9-11,13-14,18-23,25-26,39H,12,15-17H2,1-8H3,(H,34,42)(H,35,44)(H,36,43)(H,37,48)(H,38,45)(H,40,46)/t20-,21-,22-,23-,25+,26-/m0/s1. The van der Waals surface area contributed by atoms with Crippen LogP contribution in [0.25, 0.3) is 0 Å². The minimum absolute atomic E-state index is 0.0275. The maximum Gasteiger partial charge on any atom is 0.408 e. The number of benzene rings is 1. The average molecular weight is 689 g/mol. The summed E-state index contributed by atoms with van der Waals surface area (Å²) >= 11 is 0. The van der Waals surface area contributed by atoms with Gasteiger partial charge in [-0.15, -0.1) is 0 Å². The maximum atomic E-state index is 13.4. The fourth-order valence-corrected chi connectivity index (χ4v) is 4.88. The van der Waals surface area contributed by atoms with E-state index in [2.05, 4.69) is 37.4 Å². The van der Waals surface area contributed by atoms with Gasteiger partial charge in [-0.3, -0.25) is 34.2 Å². The van der Waals surface area contributed by atoms with Crippen molar-refractivity contribution < 1.29 is 38.3 Å². The summed E-state index contributed by atoms with van der Waals surface area (Å²) in [6, 6.07) is 3.36. The molecule has 0 aliphatic carbocycles. The fourth-order valence-electron chi connectivity index (χ4n) is 4.88. The second-order valence-corrected chi connectivity index (χ2v) is 12.8. The molecule has 7 amide bonds. The van der Waals surface area contributed by atoms with Crippen LogP contribution in [0.4, 0.5) is 4.79 Å². The largest absolute Gasteiger partial charge is 0.445 e. The monoisotopic (exact) mass is 688 g/mol. The van der Waals surface area contributed by atoms with Gasteiger partial charge >= 0.3 is 6.09 Å². The zero-order valence-electron chi connectivity index (χ0n) is 29.5. The molecule has 272 valence electrons. The molecule has 0 aromatic heterocycles. The molecule has 1 aliphatic rings. The predicted molar refractivity (Wildman–Crippen MR) is 180 cm³/mol. The van der Waals surface area contributed by atoms with Gasteiger partial charge in [0.15, 0.2) is 0 Å². The van der Waals surface area contributed by atoms with Gasteiger partial charge in [-0.05, 0) is 65.9 Å². The summed E-state index contributed by atoms with van der Waals surface area (Å²) in [5, 5.41) is 13.0. The minimum atomic E-state index is -1.01. The maximum absolute atomic E-state index is 13.4. The predicted octanol–water partition coefficient (Wildman–Crippen LogP) is -0.0236. The molecular weight excluding hydrogens is 636 g/mol. The summed E-state index contributed by atoms with van der Waals surface area (Å²) < 4.78 is 5.14. The van der Waals surface area contributed by atoms with Crippen LogP contribution >= 0.6 is 0 Å². The lowest BCUT2D eigenvalue weighted by molar-refractivity contribution is -0.142. The molecule has 6 atom stereocenters. The number of likely N-dealkylation sites (tertiary alicyclic amines) is 1. The summed E-state index contributed by atoms with van der Waals surface area (Å²) in [7, 11) is 0. The van der Waals surface area contributed by atoms with Gasteiger partial charge in [0.1, 0.15) is 42.9 Å². The Morgan fingerprint density at radius 1 is 0.714 bits per heavy atom. The third kappa shape index (κ3) is 13.0. The van der Waals surface area contributed by atoms with Gasteiger partial charge in [0.05, 0.1) is 0 Å². The first-order valence-corrected chi connectivity index (χ1v) is 16.6. The van der Waals surface area contributed by atoms with Crippen molar-refractivity contribution in [2.45, 2.75) is 117 Å². The van der Waals surface area contributed by atoms with E-state index < -0.39 is 71.9 Å². The highest BCUT2D eigenvalue weighted by Crippen LogP contribution is 2.19. The average Bonchev–Trinajstić information content (AvgIpc) is 3.54. The molecule has 1 saturated heterocycles. The minimum Gasteiger partial charge on any atom is -0.445 e. The number of ether oxygens (including phenoxy) is 1. The number of carbonyl (C=O) groups excluding carboxylic acids is 7. The van der Waals surface area contributed by atoms with Gasteiger partial charge in [0.25, 0.3) is 5.91 Å². The molecule has 0 radical (unpaired) electrons. The van der Waals surface area contributed by atoms with E-state index in [1.54, 1.807) is 46.8 Å². The van der Waals surface area contributed by atoms with Crippen molar-refractivity contribution in [2.24, 2.45) is 5.92 Å². The Hall–Kier alpha value is -4.73. The second kappa shape index (κ2) is 19.3. The summed E-state index contributed by atoms with van der Waals surface area (Å²) in [6.45, 7) is 13.4. The first-order valence-electron chi connectivity index (χ1n) is 16.6. The summed E-state index contributed by atoms with van der Waals surface area (Å²) in [4.78, 5) is 90.7. The Kier molecular flexibility index (Phi) is 15.9. The van der Waals surface area contributed by atoms with E-state index in [9.17, 15) is 33.6 Å². The van der Waals surface area contributed by atoms with E-state index in [1.165, 1.54) is 25.7 Å². The number of rotatable bonds is 16. The lowest BCUT2D eigenvalue weighted by atomic mass is 10.0. The molecule has 0 saturated carbocycles. The molecule has 1 aromatic rings. The van der Waals surface area contributed by atoms with Gasteiger partial charge < -0.3 is 36.2 Å². The third-order valence-corrected chi connectivity index (χ3v) is 7.74. The quantitative estimate of drug-likeness (QED) is 0.116. The van der Waals surface area contributed by atoms with Crippen LogP contribution in [0.2, 0.25) is 0 Å². The lowest BCUT2D eigenvalue weighted by Gasteiger charge is -2.30. The highest BCUT2D eigenvalue weighted by atomic mass is 16.5. The van der Waals surface area contributed by atoms with Gasteiger partial charge in [0, 0.05) is 12.6 Å². The molecule has 16 heteroatoms. The topological polar surface area (TPSA) is 216 Å². The van der Waals surface area contributed by atoms with Crippen LogP contribution in [0.5, 0.6) is 0 Å². The first kappa shape index (κ1) is 40.4. The molecule has 16 nitrogen and oxygen atoms in total. The van der Waals surface area contributed by atoms with E-state index in [0.29, 0.717) is 12.8 Å². The molecule has 1 fully saturated rings. The van der Waals surface area contributed by atoms with Crippen LogP contribution in [-0.2, 0) is 40.1 Å². The van der Waals surface area contributed by atoms with E-state index in [4.69, 9.17) is 4.74 Å². The van der Waals surface area contributed by atoms with Crippen LogP contribution in [0.3, 0.4) is 0 Å². The number of amides is 7. The number of nitrogens with zero attached hydrogens (tertiary/aromatic N) is 1. The SMILES string of the molecule is CC(C)NC(=O)[C@H](C)NC(=O)[C@H](C)NNC(=O)[C@@H](NC(=O)[C@H]1CCCN1C(=O)[C@H](C)NC(=O)[C@H](C)NC(=O)OCc1ccccc1)C(C)C. The number of hydrogen-bond donors (Lipinski definition) is 7. The fraction of sp³-hybridized carbons (Fsp3) is 0.606. The van der Waals surface area contributed by atoms with E-state index >= 15 is 0 Å². The lowest BCUT2D eigenvalue weighted by Crippen LogP contribution is -2.60. The van der Waals surface area contributed by atoms with Crippen molar-refractivity contribution in [3.8, 4) is 0 Å². The first-order chi connectivity index (χ1) is 23.0. The zero-order valence-corrected chi connectivity index (χ0v) is 29.5. The van der Waals surface area contributed by atoms with Gasteiger partial charge in [-0.1, -0.05) is 44.2 Å². The summed E-state index contributed by atoms with van der Waals surface area (Å²) in [5.74, 6) is -3.47. The highest BCUT2D eigenvalue weighted by Gasteiger charge is 2.38. The molecule has 1 aromatic carbocycles. The summed E-state index contributed by atoms with van der Waals surface area (Å²) in [6.07, 6.45) is 0.100. The highest BCUT2D eigenvalue weighted by molar-refractivity contribution is 5.95. The number of alkyl carbamates (subject to hydrolysis) is 1. The molecule has 49 heavy (non-hydrogen) atoms. The summed E-state index contributed by atoms with van der Waals surface area (Å²) in [5.41, 5.74) is 5.85. The van der Waals surface area contributed by atoms with Crippen LogP contribution in [-0.4, -0.2) is 95.3 Å². The van der Waals surface area contributed by atoms with Crippen molar-refractivity contribution in [3.63, 3.8) is 0 Å². The van der Waals surface area contributed by atoms with Crippen molar-refractivity contribution in [1.29, 1.82) is 0 Å². The Morgan fingerprint density at radius 3 is 1.90 bits per heavy atom. The van der Waals surface area contributed by atoms with Gasteiger partial charge in [-0.2, -0.15) is 0 Å². The zero-order chi connectivity index (χ0) is 36.8. The number of carbonyl (C=O) groups is 7. The van der Waals surface area contributed by atoms with E-state index in [0.717, 1.165) is 5.56 Å². The van der Waals surface area contributed by atoms with Crippen molar-refractivity contribution >= 4 is 41.5 Å². The number of hydrazine groups is 1. The van der Waals surface area contributed by atoms with Gasteiger partial charge in [-0.25, -0.2) is 10.2 Å². The van der Waals surface area contributed by atoms with Crippen molar-refractivity contribution in [1.82, 2.24) is 42.3 Å².